The van der Waals surface area contributed by atoms with Gasteiger partial charge in [0.25, 0.3) is 0 Å². The second-order valence-corrected chi connectivity index (χ2v) is 4.55. The Bertz CT molecular complexity index is 340. The molecule has 1 fully saturated rings. The van der Waals surface area contributed by atoms with Gasteiger partial charge in [0.2, 0.25) is 11.8 Å². The molecule has 0 bridgehead atoms. The second kappa shape index (κ2) is 5.67. The van der Waals surface area contributed by atoms with Gasteiger partial charge in [-0.25, -0.2) is 0 Å². The maximum atomic E-state index is 12.2. The maximum absolute atomic E-state index is 12.2. The lowest BCUT2D eigenvalue weighted by Gasteiger charge is -2.26. The molecule has 5 nitrogen and oxygen atoms in total. The predicted octanol–water partition coefficient (Wildman–Crippen LogP) is 0.665. The van der Waals surface area contributed by atoms with Crippen LogP contribution < -0.4 is 5.32 Å². The Kier molecular flexibility index (Phi) is 4.50. The van der Waals surface area contributed by atoms with E-state index < -0.39 is 5.41 Å². The molecule has 0 aromatic rings. The Morgan fingerprint density at radius 1 is 1.41 bits per heavy atom. The third-order valence-corrected chi connectivity index (χ3v) is 3.38. The Morgan fingerprint density at radius 3 is 2.47 bits per heavy atom. The van der Waals surface area contributed by atoms with Crippen molar-refractivity contribution < 1.29 is 9.59 Å². The highest BCUT2D eigenvalue weighted by molar-refractivity contribution is 5.86. The van der Waals surface area contributed by atoms with E-state index in [9.17, 15) is 14.9 Å². The molecule has 0 unspecified atom stereocenters. The van der Waals surface area contributed by atoms with Crippen molar-refractivity contribution in [1.82, 2.24) is 10.2 Å². The van der Waals surface area contributed by atoms with Crippen LogP contribution in [0.25, 0.3) is 0 Å². The topological polar surface area (TPSA) is 73.2 Å². The fourth-order valence-corrected chi connectivity index (χ4v) is 2.21. The lowest BCUT2D eigenvalue weighted by atomic mass is 9.86. The molecule has 5 heteroatoms. The maximum Gasteiger partial charge on any atom is 0.242 e. The summed E-state index contributed by atoms with van der Waals surface area (Å²) in [5, 5.41) is 11.7. The lowest BCUT2D eigenvalue weighted by molar-refractivity contribution is -0.137. The van der Waals surface area contributed by atoms with Gasteiger partial charge in [-0.2, -0.15) is 5.26 Å². The van der Waals surface area contributed by atoms with E-state index in [2.05, 4.69) is 11.4 Å². The number of hydrogen-bond acceptors (Lipinski definition) is 3. The smallest absolute Gasteiger partial charge is 0.242 e. The monoisotopic (exact) mass is 237 g/mol. The highest BCUT2D eigenvalue weighted by Gasteiger charge is 2.43. The van der Waals surface area contributed by atoms with Gasteiger partial charge in [-0.15, -0.1) is 0 Å². The van der Waals surface area contributed by atoms with Gasteiger partial charge in [-0.3, -0.25) is 9.59 Å². The van der Waals surface area contributed by atoms with Gasteiger partial charge in [0, 0.05) is 27.1 Å². The van der Waals surface area contributed by atoms with E-state index in [4.69, 9.17) is 0 Å². The van der Waals surface area contributed by atoms with Gasteiger partial charge in [-0.1, -0.05) is 12.8 Å². The van der Waals surface area contributed by atoms with Gasteiger partial charge in [0.05, 0.1) is 6.07 Å². The summed E-state index contributed by atoms with van der Waals surface area (Å²) in [5.74, 6) is -0.233. The van der Waals surface area contributed by atoms with E-state index in [1.54, 1.807) is 14.1 Å². The normalized spacial score (nSPS) is 17.2. The fourth-order valence-electron chi connectivity index (χ4n) is 2.21. The highest BCUT2D eigenvalue weighted by atomic mass is 16.2. The van der Waals surface area contributed by atoms with Crippen molar-refractivity contribution in [2.24, 2.45) is 5.41 Å². The molecule has 1 N–H and O–H groups in total. The first-order chi connectivity index (χ1) is 8.05. The van der Waals surface area contributed by atoms with Crippen LogP contribution in [0.4, 0.5) is 0 Å². The first-order valence-electron chi connectivity index (χ1n) is 5.93. The van der Waals surface area contributed by atoms with Crippen LogP contribution >= 0.6 is 0 Å². The molecule has 17 heavy (non-hydrogen) atoms. The Balaban J connectivity index is 2.57. The van der Waals surface area contributed by atoms with E-state index in [0.717, 1.165) is 12.8 Å². The molecule has 0 aromatic heterocycles. The quantitative estimate of drug-likeness (QED) is 0.780. The molecule has 2 amide bonds. The first kappa shape index (κ1) is 13.5. The van der Waals surface area contributed by atoms with Gasteiger partial charge in [-0.05, 0) is 12.8 Å². The summed E-state index contributed by atoms with van der Waals surface area (Å²) in [5.41, 5.74) is -0.836. The molecule has 1 aliphatic carbocycles. The molecule has 0 aromatic carbocycles. The van der Waals surface area contributed by atoms with Crippen LogP contribution in [0, 0.1) is 16.7 Å². The third-order valence-electron chi connectivity index (χ3n) is 3.38. The molecule has 0 heterocycles. The van der Waals surface area contributed by atoms with E-state index >= 15 is 0 Å². The summed E-state index contributed by atoms with van der Waals surface area (Å²) in [4.78, 5) is 24.8. The summed E-state index contributed by atoms with van der Waals surface area (Å²) >= 11 is 0. The minimum absolute atomic E-state index is 0.0953. The highest BCUT2D eigenvalue weighted by Crippen LogP contribution is 2.38. The predicted molar refractivity (Wildman–Crippen MR) is 62.8 cm³/mol. The number of amides is 2. The molecular formula is C12H19N3O2. The van der Waals surface area contributed by atoms with E-state index in [1.165, 1.54) is 4.90 Å². The number of carbonyl (C=O) groups is 2. The molecule has 94 valence electrons. The van der Waals surface area contributed by atoms with Gasteiger partial charge < -0.3 is 10.2 Å². The largest absolute Gasteiger partial charge is 0.359 e. The van der Waals surface area contributed by atoms with Crippen molar-refractivity contribution in [2.45, 2.75) is 32.1 Å². The van der Waals surface area contributed by atoms with Crippen LogP contribution in [0.1, 0.15) is 32.1 Å². The molecule has 0 spiro atoms. The molecule has 0 radical (unpaired) electrons. The molecule has 0 aliphatic heterocycles. The summed E-state index contributed by atoms with van der Waals surface area (Å²) in [6, 6.07) is 2.17. The van der Waals surface area contributed by atoms with E-state index in [1.807, 2.05) is 0 Å². The minimum Gasteiger partial charge on any atom is -0.359 e. The average Bonchev–Trinajstić information content (AvgIpc) is 2.84. The van der Waals surface area contributed by atoms with Gasteiger partial charge in [0.1, 0.15) is 5.41 Å². The first-order valence-corrected chi connectivity index (χ1v) is 5.93. The molecule has 1 aliphatic rings. The van der Waals surface area contributed by atoms with Crippen molar-refractivity contribution in [3.05, 3.63) is 0 Å². The van der Waals surface area contributed by atoms with Crippen LogP contribution in [-0.2, 0) is 9.59 Å². The van der Waals surface area contributed by atoms with E-state index in [0.29, 0.717) is 19.4 Å². The van der Waals surface area contributed by atoms with Crippen LogP contribution in [0.2, 0.25) is 0 Å². The number of hydrogen-bond donors (Lipinski definition) is 1. The Labute approximate surface area is 102 Å². The second-order valence-electron chi connectivity index (χ2n) is 4.55. The van der Waals surface area contributed by atoms with Crippen molar-refractivity contribution >= 4 is 11.8 Å². The van der Waals surface area contributed by atoms with Gasteiger partial charge in [0.15, 0.2) is 0 Å². The summed E-state index contributed by atoms with van der Waals surface area (Å²) < 4.78 is 0. The van der Waals surface area contributed by atoms with Crippen LogP contribution in [-0.4, -0.2) is 37.4 Å². The molecule has 0 saturated heterocycles. The number of carbonyl (C=O) groups excluding carboxylic acids is 2. The average molecular weight is 237 g/mol. The van der Waals surface area contributed by atoms with Crippen molar-refractivity contribution in [3.63, 3.8) is 0 Å². The number of nitrogens with zero attached hydrogens (tertiary/aromatic N) is 2. The van der Waals surface area contributed by atoms with Crippen molar-refractivity contribution in [2.75, 3.05) is 20.6 Å². The zero-order valence-corrected chi connectivity index (χ0v) is 10.5. The summed E-state index contributed by atoms with van der Waals surface area (Å²) in [7, 11) is 3.22. The standard InChI is InChI=1S/C12H19N3O2/c1-14-10(16)5-8-15(2)11(17)12(9-13)6-3-4-7-12/h3-8H2,1-2H3,(H,14,16). The van der Waals surface area contributed by atoms with Crippen LogP contribution in [0.15, 0.2) is 0 Å². The number of rotatable bonds is 4. The number of nitrogens with one attached hydrogen (secondary N) is 1. The molecule has 1 rings (SSSR count). The molecule has 0 atom stereocenters. The fraction of sp³-hybridized carbons (Fsp3) is 0.750. The minimum atomic E-state index is -0.836. The Morgan fingerprint density at radius 2 is 2.00 bits per heavy atom. The van der Waals surface area contributed by atoms with Crippen LogP contribution in [0.3, 0.4) is 0 Å². The van der Waals surface area contributed by atoms with Crippen LogP contribution in [0.5, 0.6) is 0 Å². The molecular weight excluding hydrogens is 218 g/mol. The SMILES string of the molecule is CNC(=O)CCN(C)C(=O)C1(C#N)CCCC1. The van der Waals surface area contributed by atoms with Crippen molar-refractivity contribution in [1.29, 1.82) is 5.26 Å². The van der Waals surface area contributed by atoms with E-state index in [-0.39, 0.29) is 18.2 Å². The van der Waals surface area contributed by atoms with Gasteiger partial charge >= 0.3 is 0 Å². The zero-order chi connectivity index (χ0) is 12.9. The molecule has 1 saturated carbocycles. The Hall–Kier alpha value is -1.57. The summed E-state index contributed by atoms with van der Waals surface area (Å²) in [6.45, 7) is 0.363. The third kappa shape index (κ3) is 2.96. The zero-order valence-electron chi connectivity index (χ0n) is 10.5. The lowest BCUT2D eigenvalue weighted by Crippen LogP contribution is -2.41. The summed E-state index contributed by atoms with van der Waals surface area (Å²) in [6.07, 6.45) is 3.44. The van der Waals surface area contributed by atoms with Crippen molar-refractivity contribution in [3.8, 4) is 6.07 Å². The number of nitriles is 1.